The maximum absolute atomic E-state index is 6.13. The van der Waals surface area contributed by atoms with Crippen LogP contribution in [0.5, 0.6) is 0 Å². The van der Waals surface area contributed by atoms with E-state index in [0.717, 1.165) is 5.84 Å². The summed E-state index contributed by atoms with van der Waals surface area (Å²) >= 11 is 6.13. The molecule has 1 N–H and O–H groups in total. The molecule has 0 amide bonds. The monoisotopic (exact) mass is 176 g/mol. The summed E-state index contributed by atoms with van der Waals surface area (Å²) in [5.74, 6) is 0.846. The zero-order valence-corrected chi connectivity index (χ0v) is 8.66. The van der Waals surface area contributed by atoms with Crippen molar-refractivity contribution in [2.24, 2.45) is 10.4 Å². The molecule has 1 unspecified atom stereocenters. The Labute approximate surface area is 74.0 Å². The molecule has 0 aromatic heterocycles. The van der Waals surface area contributed by atoms with Gasteiger partial charge in [-0.3, -0.25) is 4.99 Å². The zero-order chi connectivity index (χ0) is 9.07. The second-order valence-electron chi connectivity index (χ2n) is 3.59. The Balaban J connectivity index is 4.34. The quantitative estimate of drug-likeness (QED) is 0.368. The highest BCUT2D eigenvalue weighted by atomic mass is 35.5. The molecule has 0 aliphatic carbocycles. The standard InChI is InChI=1S/C8H17ClN2/c1-8(2,3)6(9)7(10-4)11-5/h6H,1-5H3,(H,10,11). The van der Waals surface area contributed by atoms with Gasteiger partial charge in [-0.15, -0.1) is 11.6 Å². The van der Waals surface area contributed by atoms with E-state index in [9.17, 15) is 0 Å². The number of hydrogen-bond donors (Lipinski definition) is 1. The summed E-state index contributed by atoms with van der Waals surface area (Å²) in [5, 5.41) is 2.93. The largest absolute Gasteiger partial charge is 0.376 e. The van der Waals surface area contributed by atoms with Crippen molar-refractivity contribution in [2.75, 3.05) is 14.1 Å². The van der Waals surface area contributed by atoms with Crippen molar-refractivity contribution in [1.29, 1.82) is 0 Å². The summed E-state index contributed by atoms with van der Waals surface area (Å²) in [6.07, 6.45) is 0. The Hall–Kier alpha value is -0.240. The Morgan fingerprint density at radius 1 is 1.45 bits per heavy atom. The van der Waals surface area contributed by atoms with Gasteiger partial charge in [-0.05, 0) is 5.41 Å². The van der Waals surface area contributed by atoms with Gasteiger partial charge in [0.2, 0.25) is 0 Å². The van der Waals surface area contributed by atoms with E-state index in [1.54, 1.807) is 7.05 Å². The molecule has 0 saturated carbocycles. The number of amidine groups is 1. The molecule has 0 aromatic rings. The number of nitrogens with one attached hydrogen (secondary N) is 1. The van der Waals surface area contributed by atoms with Crippen LogP contribution in [0.15, 0.2) is 4.99 Å². The summed E-state index contributed by atoms with van der Waals surface area (Å²) in [6.45, 7) is 6.27. The highest BCUT2D eigenvalue weighted by Crippen LogP contribution is 2.24. The first-order valence-corrected chi connectivity index (χ1v) is 4.15. The van der Waals surface area contributed by atoms with Gasteiger partial charge >= 0.3 is 0 Å². The number of nitrogens with zero attached hydrogens (tertiary/aromatic N) is 1. The van der Waals surface area contributed by atoms with E-state index in [-0.39, 0.29) is 10.8 Å². The van der Waals surface area contributed by atoms with Gasteiger partial charge in [-0.25, -0.2) is 0 Å². The van der Waals surface area contributed by atoms with Gasteiger partial charge in [0.25, 0.3) is 0 Å². The first-order valence-electron chi connectivity index (χ1n) is 3.72. The molecule has 3 heteroatoms. The van der Waals surface area contributed by atoms with Gasteiger partial charge in [0.1, 0.15) is 5.84 Å². The van der Waals surface area contributed by atoms with Crippen molar-refractivity contribution in [3.63, 3.8) is 0 Å². The molecule has 0 bridgehead atoms. The van der Waals surface area contributed by atoms with E-state index in [0.29, 0.717) is 0 Å². The van der Waals surface area contributed by atoms with Crippen LogP contribution in [0.4, 0.5) is 0 Å². The van der Waals surface area contributed by atoms with Crippen molar-refractivity contribution in [3.05, 3.63) is 0 Å². The van der Waals surface area contributed by atoms with Gasteiger partial charge in [0.15, 0.2) is 0 Å². The van der Waals surface area contributed by atoms with Gasteiger partial charge in [-0.1, -0.05) is 20.8 Å². The lowest BCUT2D eigenvalue weighted by Gasteiger charge is -2.25. The SMILES string of the molecule is CN=C(NC)C(Cl)C(C)(C)C. The lowest BCUT2D eigenvalue weighted by Crippen LogP contribution is -2.37. The number of aliphatic imine (C=N–C) groups is 1. The fourth-order valence-corrected chi connectivity index (χ4v) is 0.969. The predicted molar refractivity (Wildman–Crippen MR) is 51.5 cm³/mol. The van der Waals surface area contributed by atoms with Crippen molar-refractivity contribution in [2.45, 2.75) is 26.1 Å². The number of rotatable bonds is 1. The minimum Gasteiger partial charge on any atom is -0.376 e. The summed E-state index contributed by atoms with van der Waals surface area (Å²) in [5.41, 5.74) is 0.0550. The van der Waals surface area contributed by atoms with Gasteiger partial charge in [0.05, 0.1) is 5.38 Å². The van der Waals surface area contributed by atoms with E-state index < -0.39 is 0 Å². The Morgan fingerprint density at radius 2 is 1.91 bits per heavy atom. The van der Waals surface area contributed by atoms with Crippen LogP contribution >= 0.6 is 11.6 Å². The molecule has 0 aliphatic heterocycles. The van der Waals surface area contributed by atoms with Crippen LogP contribution in [0.2, 0.25) is 0 Å². The van der Waals surface area contributed by atoms with Crippen LogP contribution < -0.4 is 5.32 Å². The molecule has 0 saturated heterocycles. The molecule has 0 aliphatic rings. The zero-order valence-electron chi connectivity index (χ0n) is 7.90. The normalized spacial score (nSPS) is 16.4. The highest BCUT2D eigenvalue weighted by Gasteiger charge is 2.26. The smallest absolute Gasteiger partial charge is 0.114 e. The third kappa shape index (κ3) is 3.10. The average molecular weight is 177 g/mol. The average Bonchev–Trinajstić information content (AvgIpc) is 1.88. The van der Waals surface area contributed by atoms with Gasteiger partial charge in [-0.2, -0.15) is 0 Å². The van der Waals surface area contributed by atoms with Crippen molar-refractivity contribution >= 4 is 17.4 Å². The molecule has 66 valence electrons. The van der Waals surface area contributed by atoms with Crippen molar-refractivity contribution in [3.8, 4) is 0 Å². The first kappa shape index (κ1) is 10.8. The molecular formula is C8H17ClN2. The topological polar surface area (TPSA) is 24.4 Å². The number of halogens is 1. The summed E-state index contributed by atoms with van der Waals surface area (Å²) < 4.78 is 0. The molecule has 0 radical (unpaired) electrons. The summed E-state index contributed by atoms with van der Waals surface area (Å²) in [7, 11) is 3.58. The van der Waals surface area contributed by atoms with Crippen LogP contribution in [-0.2, 0) is 0 Å². The predicted octanol–water partition coefficient (Wildman–Crippen LogP) is 1.89. The maximum Gasteiger partial charge on any atom is 0.114 e. The summed E-state index contributed by atoms with van der Waals surface area (Å²) in [4.78, 5) is 4.05. The van der Waals surface area contributed by atoms with Crippen LogP contribution in [0.3, 0.4) is 0 Å². The molecular weight excluding hydrogens is 160 g/mol. The fourth-order valence-electron chi connectivity index (χ4n) is 0.762. The van der Waals surface area contributed by atoms with E-state index in [4.69, 9.17) is 11.6 Å². The van der Waals surface area contributed by atoms with Crippen LogP contribution in [0.25, 0.3) is 0 Å². The lowest BCUT2D eigenvalue weighted by atomic mass is 9.91. The maximum atomic E-state index is 6.13. The molecule has 11 heavy (non-hydrogen) atoms. The van der Waals surface area contributed by atoms with Crippen molar-refractivity contribution in [1.82, 2.24) is 5.32 Å². The Morgan fingerprint density at radius 3 is 2.00 bits per heavy atom. The third-order valence-electron chi connectivity index (χ3n) is 1.50. The molecule has 2 nitrogen and oxygen atoms in total. The molecule has 1 atom stereocenters. The number of alkyl halides is 1. The highest BCUT2D eigenvalue weighted by molar-refractivity contribution is 6.32. The van der Waals surface area contributed by atoms with E-state index in [2.05, 4.69) is 31.1 Å². The van der Waals surface area contributed by atoms with Gasteiger partial charge < -0.3 is 5.32 Å². The second kappa shape index (κ2) is 3.96. The van der Waals surface area contributed by atoms with Crippen LogP contribution in [0, 0.1) is 5.41 Å². The van der Waals surface area contributed by atoms with Crippen LogP contribution in [0.1, 0.15) is 20.8 Å². The molecule has 0 fully saturated rings. The minimum atomic E-state index is -0.0440. The number of hydrogen-bond acceptors (Lipinski definition) is 1. The molecule has 0 spiro atoms. The summed E-state index contributed by atoms with van der Waals surface area (Å²) in [6, 6.07) is 0. The molecule has 0 aromatic carbocycles. The molecule has 0 rings (SSSR count). The molecule has 0 heterocycles. The van der Waals surface area contributed by atoms with E-state index in [1.807, 2.05) is 7.05 Å². The third-order valence-corrected chi connectivity index (χ3v) is 2.36. The Bertz CT molecular complexity index is 147. The van der Waals surface area contributed by atoms with Crippen molar-refractivity contribution < 1.29 is 0 Å². The fraction of sp³-hybridized carbons (Fsp3) is 0.875. The van der Waals surface area contributed by atoms with Crippen LogP contribution in [-0.4, -0.2) is 25.3 Å². The van der Waals surface area contributed by atoms with E-state index in [1.165, 1.54) is 0 Å². The second-order valence-corrected chi connectivity index (χ2v) is 4.02. The Kier molecular flexibility index (Phi) is 3.87. The van der Waals surface area contributed by atoms with E-state index >= 15 is 0 Å². The van der Waals surface area contributed by atoms with Gasteiger partial charge in [0, 0.05) is 14.1 Å². The lowest BCUT2D eigenvalue weighted by molar-refractivity contribution is 0.436. The first-order chi connectivity index (χ1) is 4.93. The minimum absolute atomic E-state index is 0.0440.